The fourth-order valence-electron chi connectivity index (χ4n) is 3.60. The largest absolute Gasteiger partial charge is 0.493 e. The van der Waals surface area contributed by atoms with Crippen LogP contribution < -0.4 is 14.8 Å². The fraction of sp³-hybridized carbons (Fsp3) is 0.478. The molecule has 1 aromatic carbocycles. The van der Waals surface area contributed by atoms with Gasteiger partial charge >= 0.3 is 5.97 Å². The topological polar surface area (TPSA) is 73.9 Å². The first-order chi connectivity index (χ1) is 14.5. The molecule has 0 radical (unpaired) electrons. The maximum absolute atomic E-state index is 12.5. The van der Waals surface area contributed by atoms with Gasteiger partial charge in [0.15, 0.2) is 11.5 Å². The van der Waals surface area contributed by atoms with Crippen molar-refractivity contribution in [1.82, 2.24) is 0 Å². The molecule has 1 aliphatic carbocycles. The SMILES string of the molecule is CCOC(=O)c1c(NC(=O)CCCOc2ccccc2OC)sc2c1CCC(C)C2. The lowest BCUT2D eigenvalue weighted by molar-refractivity contribution is -0.116. The molecule has 1 aliphatic rings. The average molecular weight is 432 g/mol. The number of benzene rings is 1. The number of carbonyl (C=O) groups is 2. The number of fused-ring (bicyclic) bond motifs is 1. The van der Waals surface area contributed by atoms with E-state index in [1.54, 1.807) is 14.0 Å². The second kappa shape index (κ2) is 10.5. The first-order valence-corrected chi connectivity index (χ1v) is 11.2. The summed E-state index contributed by atoms with van der Waals surface area (Å²) in [7, 11) is 1.60. The van der Waals surface area contributed by atoms with E-state index in [0.717, 1.165) is 24.8 Å². The maximum Gasteiger partial charge on any atom is 0.341 e. The van der Waals surface area contributed by atoms with Crippen molar-refractivity contribution in [1.29, 1.82) is 0 Å². The summed E-state index contributed by atoms with van der Waals surface area (Å²) in [6, 6.07) is 7.42. The molecule has 7 heteroatoms. The third-order valence-electron chi connectivity index (χ3n) is 5.12. The molecular formula is C23H29NO5S. The normalized spacial score (nSPS) is 15.2. The van der Waals surface area contributed by atoms with E-state index >= 15 is 0 Å². The number of thiophene rings is 1. The molecule has 1 aromatic heterocycles. The zero-order valence-electron chi connectivity index (χ0n) is 17.8. The summed E-state index contributed by atoms with van der Waals surface area (Å²) in [6.45, 7) is 4.72. The molecule has 0 spiro atoms. The van der Waals surface area contributed by atoms with Crippen molar-refractivity contribution in [2.75, 3.05) is 25.6 Å². The highest BCUT2D eigenvalue weighted by Gasteiger charge is 2.29. The van der Waals surface area contributed by atoms with Crippen LogP contribution >= 0.6 is 11.3 Å². The van der Waals surface area contributed by atoms with Crippen LogP contribution in [0.15, 0.2) is 24.3 Å². The van der Waals surface area contributed by atoms with E-state index < -0.39 is 0 Å². The first-order valence-electron chi connectivity index (χ1n) is 10.4. The molecule has 0 saturated carbocycles. The molecule has 1 unspecified atom stereocenters. The van der Waals surface area contributed by atoms with E-state index in [2.05, 4.69) is 12.2 Å². The zero-order chi connectivity index (χ0) is 21.5. The Morgan fingerprint density at radius 2 is 2.00 bits per heavy atom. The Labute approximate surface area is 181 Å². The molecule has 1 N–H and O–H groups in total. The van der Waals surface area contributed by atoms with Gasteiger partial charge in [0.1, 0.15) is 5.00 Å². The molecule has 2 aromatic rings. The van der Waals surface area contributed by atoms with Crippen molar-refractivity contribution in [3.05, 3.63) is 40.3 Å². The van der Waals surface area contributed by atoms with Gasteiger partial charge in [0.2, 0.25) is 5.91 Å². The smallest absolute Gasteiger partial charge is 0.341 e. The van der Waals surface area contributed by atoms with Gasteiger partial charge in [0.25, 0.3) is 0 Å². The Kier molecular flexibility index (Phi) is 7.74. The lowest BCUT2D eigenvalue weighted by Crippen LogP contribution is -2.17. The number of amides is 1. The summed E-state index contributed by atoms with van der Waals surface area (Å²) < 4.78 is 16.2. The maximum atomic E-state index is 12.5. The zero-order valence-corrected chi connectivity index (χ0v) is 18.6. The van der Waals surface area contributed by atoms with E-state index in [9.17, 15) is 9.59 Å². The van der Waals surface area contributed by atoms with Gasteiger partial charge in [0.05, 0.1) is 25.9 Å². The van der Waals surface area contributed by atoms with Crippen LogP contribution in [0.25, 0.3) is 0 Å². The van der Waals surface area contributed by atoms with Gasteiger partial charge in [-0.3, -0.25) is 4.79 Å². The number of nitrogens with one attached hydrogen (secondary N) is 1. The Bertz CT molecular complexity index is 892. The number of para-hydroxylation sites is 2. The monoisotopic (exact) mass is 431 g/mol. The van der Waals surface area contributed by atoms with Crippen LogP contribution in [-0.2, 0) is 22.4 Å². The van der Waals surface area contributed by atoms with Crippen LogP contribution in [0.2, 0.25) is 0 Å². The highest BCUT2D eigenvalue weighted by Crippen LogP contribution is 2.40. The third-order valence-corrected chi connectivity index (χ3v) is 6.29. The number of carbonyl (C=O) groups excluding carboxylic acids is 2. The number of hydrogen-bond acceptors (Lipinski definition) is 6. The molecule has 162 valence electrons. The number of ether oxygens (including phenoxy) is 3. The van der Waals surface area contributed by atoms with Crippen LogP contribution in [0.3, 0.4) is 0 Å². The van der Waals surface area contributed by atoms with Gasteiger partial charge in [-0.2, -0.15) is 0 Å². The Morgan fingerprint density at radius 1 is 1.23 bits per heavy atom. The van der Waals surface area contributed by atoms with Crippen molar-refractivity contribution < 1.29 is 23.8 Å². The standard InChI is InChI=1S/C23H29NO5S/c1-4-28-23(26)21-16-12-11-15(2)14-19(16)30-22(21)24-20(25)10-7-13-29-18-9-6-5-8-17(18)27-3/h5-6,8-9,15H,4,7,10-14H2,1-3H3,(H,24,25). The molecule has 0 fully saturated rings. The van der Waals surface area contributed by atoms with Crippen LogP contribution in [0.1, 0.15) is 53.9 Å². The average Bonchev–Trinajstić information content (AvgIpc) is 3.08. The molecule has 0 bridgehead atoms. The predicted octanol–water partition coefficient (Wildman–Crippen LogP) is 4.86. The molecular weight excluding hydrogens is 402 g/mol. The van der Waals surface area contributed by atoms with Crippen molar-refractivity contribution in [2.24, 2.45) is 5.92 Å². The minimum atomic E-state index is -0.348. The molecule has 6 nitrogen and oxygen atoms in total. The van der Waals surface area contributed by atoms with E-state index in [1.807, 2.05) is 24.3 Å². The van der Waals surface area contributed by atoms with E-state index in [-0.39, 0.29) is 11.9 Å². The minimum absolute atomic E-state index is 0.129. The van der Waals surface area contributed by atoms with Crippen molar-refractivity contribution in [2.45, 2.75) is 46.0 Å². The van der Waals surface area contributed by atoms with E-state index in [1.165, 1.54) is 16.2 Å². The highest BCUT2D eigenvalue weighted by atomic mass is 32.1. The van der Waals surface area contributed by atoms with Gasteiger partial charge in [-0.05, 0) is 56.2 Å². The van der Waals surface area contributed by atoms with Crippen LogP contribution in [0, 0.1) is 5.92 Å². The van der Waals surface area contributed by atoms with E-state index in [0.29, 0.717) is 54.0 Å². The second-order valence-corrected chi connectivity index (χ2v) is 8.53. The summed E-state index contributed by atoms with van der Waals surface area (Å²) in [5.74, 6) is 1.43. The minimum Gasteiger partial charge on any atom is -0.493 e. The number of rotatable bonds is 9. The Morgan fingerprint density at radius 3 is 2.73 bits per heavy atom. The Hall–Kier alpha value is -2.54. The molecule has 1 atom stereocenters. The van der Waals surface area contributed by atoms with Crippen molar-refractivity contribution in [3.63, 3.8) is 0 Å². The Balaban J connectivity index is 1.60. The van der Waals surface area contributed by atoms with Gasteiger partial charge in [-0.25, -0.2) is 4.79 Å². The van der Waals surface area contributed by atoms with Crippen molar-refractivity contribution >= 4 is 28.2 Å². The summed E-state index contributed by atoms with van der Waals surface area (Å²) in [5, 5.41) is 3.56. The molecule has 0 aliphatic heterocycles. The van der Waals surface area contributed by atoms with Gasteiger partial charge in [-0.15, -0.1) is 11.3 Å². The van der Waals surface area contributed by atoms with Crippen molar-refractivity contribution in [3.8, 4) is 11.5 Å². The summed E-state index contributed by atoms with van der Waals surface area (Å²) in [6.07, 6.45) is 3.69. The first kappa shape index (κ1) is 22.2. The van der Waals surface area contributed by atoms with Crippen LogP contribution in [-0.4, -0.2) is 32.2 Å². The quantitative estimate of drug-likeness (QED) is 0.454. The molecule has 1 heterocycles. The lowest BCUT2D eigenvalue weighted by atomic mass is 9.88. The second-order valence-electron chi connectivity index (χ2n) is 7.43. The summed E-state index contributed by atoms with van der Waals surface area (Å²) in [5.41, 5.74) is 1.59. The highest BCUT2D eigenvalue weighted by molar-refractivity contribution is 7.17. The number of esters is 1. The van der Waals surface area contributed by atoms with E-state index in [4.69, 9.17) is 14.2 Å². The number of hydrogen-bond donors (Lipinski definition) is 1. The number of methoxy groups -OCH3 is 1. The molecule has 3 rings (SSSR count). The van der Waals surface area contributed by atoms with Gasteiger partial charge in [0, 0.05) is 11.3 Å². The summed E-state index contributed by atoms with van der Waals surface area (Å²) in [4.78, 5) is 26.2. The van der Waals surface area contributed by atoms with Crippen LogP contribution in [0.5, 0.6) is 11.5 Å². The third kappa shape index (κ3) is 5.33. The molecule has 1 amide bonds. The van der Waals surface area contributed by atoms with Gasteiger partial charge in [-0.1, -0.05) is 19.1 Å². The molecule has 0 saturated heterocycles. The molecule has 30 heavy (non-hydrogen) atoms. The summed E-state index contributed by atoms with van der Waals surface area (Å²) >= 11 is 1.51. The number of anilines is 1. The predicted molar refractivity (Wildman–Crippen MR) is 118 cm³/mol. The van der Waals surface area contributed by atoms with Crippen LogP contribution in [0.4, 0.5) is 5.00 Å². The fourth-order valence-corrected chi connectivity index (χ4v) is 5.02. The van der Waals surface area contributed by atoms with Gasteiger partial charge < -0.3 is 19.5 Å². The lowest BCUT2D eigenvalue weighted by Gasteiger charge is -2.18.